The van der Waals surface area contributed by atoms with Gasteiger partial charge in [0.05, 0.1) is 6.42 Å². The Morgan fingerprint density at radius 2 is 1.82 bits per heavy atom. The molecule has 0 radical (unpaired) electrons. The first-order valence-electron chi connectivity index (χ1n) is 5.32. The second kappa shape index (κ2) is 5.74. The first kappa shape index (κ1) is 12.7. The number of methoxy groups -OCH3 is 2. The van der Waals surface area contributed by atoms with E-state index in [1.54, 1.807) is 0 Å². The van der Waals surface area contributed by atoms with Gasteiger partial charge in [0.15, 0.2) is 6.10 Å². The summed E-state index contributed by atoms with van der Waals surface area (Å²) in [7, 11) is 3.04. The molecule has 4 atom stereocenters. The largest absolute Gasteiger partial charge is 0.433 e. The Balaban J connectivity index is 2.00. The van der Waals surface area contributed by atoms with E-state index in [9.17, 15) is 4.79 Å². The summed E-state index contributed by atoms with van der Waals surface area (Å²) in [5, 5.41) is 0. The molecule has 2 rings (SSSR count). The minimum absolute atomic E-state index is 0.0850. The molecule has 0 spiro atoms. The topological polar surface area (TPSA) is 72.5 Å². The van der Waals surface area contributed by atoms with Gasteiger partial charge in [0.2, 0.25) is 6.29 Å². The number of carbonyl (C=O) groups excluding carboxylic acids is 1. The highest BCUT2D eigenvalue weighted by Crippen LogP contribution is 2.33. The second-order valence-corrected chi connectivity index (χ2v) is 3.81. The van der Waals surface area contributed by atoms with Crippen LogP contribution in [0.1, 0.15) is 6.42 Å². The molecule has 98 valence electrons. The molecule has 17 heavy (non-hydrogen) atoms. The molecule has 7 heteroatoms. The van der Waals surface area contributed by atoms with Crippen LogP contribution in [0.15, 0.2) is 0 Å². The van der Waals surface area contributed by atoms with Crippen molar-refractivity contribution in [3.05, 3.63) is 0 Å². The lowest BCUT2D eigenvalue weighted by Crippen LogP contribution is -2.37. The quantitative estimate of drug-likeness (QED) is 0.469. The molecule has 7 nitrogen and oxygen atoms in total. The van der Waals surface area contributed by atoms with Gasteiger partial charge in [-0.25, -0.2) is 0 Å². The summed E-state index contributed by atoms with van der Waals surface area (Å²) in [4.78, 5) is 11.3. The standard InChI is InChI=1S/C10H16O7/c1-12-4-14-8-6-3-7(11)17-10(16-6)9(8)15-5-13-2/h6,8-10H,3-5H2,1-2H3/t6?,8?,9-,10?/m1/s1. The number of hydrogen-bond donors (Lipinski definition) is 0. The maximum atomic E-state index is 11.3. The van der Waals surface area contributed by atoms with Crippen LogP contribution in [0, 0.1) is 0 Å². The number of hydrogen-bond acceptors (Lipinski definition) is 7. The van der Waals surface area contributed by atoms with E-state index in [2.05, 4.69) is 0 Å². The van der Waals surface area contributed by atoms with Crippen molar-refractivity contribution >= 4 is 5.97 Å². The molecule has 0 N–H and O–H groups in total. The molecule has 2 bridgehead atoms. The molecule has 3 unspecified atom stereocenters. The van der Waals surface area contributed by atoms with Crippen LogP contribution < -0.4 is 0 Å². The lowest BCUT2D eigenvalue weighted by Gasteiger charge is -2.21. The van der Waals surface area contributed by atoms with Crippen molar-refractivity contribution in [2.75, 3.05) is 27.8 Å². The average Bonchev–Trinajstić information content (AvgIpc) is 2.55. The molecular formula is C10H16O7. The molecule has 0 aromatic heterocycles. The van der Waals surface area contributed by atoms with E-state index in [1.165, 1.54) is 14.2 Å². The van der Waals surface area contributed by atoms with Gasteiger partial charge in [0.25, 0.3) is 0 Å². The highest BCUT2D eigenvalue weighted by atomic mass is 16.8. The first-order chi connectivity index (χ1) is 8.26. The van der Waals surface area contributed by atoms with Gasteiger partial charge in [0.1, 0.15) is 25.8 Å². The Kier molecular flexibility index (Phi) is 4.30. The van der Waals surface area contributed by atoms with Gasteiger partial charge in [-0.05, 0) is 0 Å². The van der Waals surface area contributed by atoms with E-state index < -0.39 is 12.4 Å². The molecule has 2 aliphatic heterocycles. The fourth-order valence-electron chi connectivity index (χ4n) is 1.96. The summed E-state index contributed by atoms with van der Waals surface area (Å²) in [5.41, 5.74) is 0. The maximum Gasteiger partial charge on any atom is 0.310 e. The van der Waals surface area contributed by atoms with E-state index in [0.29, 0.717) is 0 Å². The Labute approximate surface area is 98.9 Å². The Morgan fingerprint density at radius 3 is 2.47 bits per heavy atom. The molecular weight excluding hydrogens is 232 g/mol. The van der Waals surface area contributed by atoms with Crippen LogP contribution in [-0.2, 0) is 33.2 Å². The molecule has 0 amide bonds. The first-order valence-corrected chi connectivity index (χ1v) is 5.32. The van der Waals surface area contributed by atoms with E-state index in [0.717, 1.165) is 0 Å². The van der Waals surface area contributed by atoms with Crippen LogP contribution in [-0.4, -0.2) is 58.4 Å². The van der Waals surface area contributed by atoms with Crippen LogP contribution in [0.2, 0.25) is 0 Å². The minimum Gasteiger partial charge on any atom is -0.433 e. The summed E-state index contributed by atoms with van der Waals surface area (Å²) >= 11 is 0. The summed E-state index contributed by atoms with van der Waals surface area (Å²) < 4.78 is 31.1. The zero-order valence-electron chi connectivity index (χ0n) is 9.79. The summed E-state index contributed by atoms with van der Waals surface area (Å²) in [6, 6.07) is 0. The van der Waals surface area contributed by atoms with Gasteiger partial charge in [-0.2, -0.15) is 0 Å². The van der Waals surface area contributed by atoms with Gasteiger partial charge in [-0.15, -0.1) is 0 Å². The molecule has 2 aliphatic rings. The van der Waals surface area contributed by atoms with Crippen molar-refractivity contribution in [1.29, 1.82) is 0 Å². The van der Waals surface area contributed by atoms with Gasteiger partial charge >= 0.3 is 5.97 Å². The summed E-state index contributed by atoms with van der Waals surface area (Å²) in [6.07, 6.45) is -1.78. The molecule has 2 fully saturated rings. The van der Waals surface area contributed by atoms with E-state index >= 15 is 0 Å². The Hall–Kier alpha value is -0.730. The number of esters is 1. The van der Waals surface area contributed by atoms with Crippen molar-refractivity contribution in [2.45, 2.75) is 31.0 Å². The summed E-state index contributed by atoms with van der Waals surface area (Å²) in [5.74, 6) is -0.305. The average molecular weight is 248 g/mol. The SMILES string of the molecule is COCOC1C2CC(=O)OC(O2)[C@@H]1OCOC. The predicted octanol–water partition coefficient (Wildman–Crippen LogP) is -0.364. The van der Waals surface area contributed by atoms with Gasteiger partial charge in [-0.1, -0.05) is 0 Å². The number of rotatable bonds is 6. The van der Waals surface area contributed by atoms with Crippen LogP contribution >= 0.6 is 0 Å². The van der Waals surface area contributed by atoms with Gasteiger partial charge < -0.3 is 28.4 Å². The zero-order chi connectivity index (χ0) is 12.3. The predicted molar refractivity (Wildman–Crippen MR) is 52.9 cm³/mol. The highest BCUT2D eigenvalue weighted by molar-refractivity contribution is 5.71. The van der Waals surface area contributed by atoms with Crippen molar-refractivity contribution in [3.8, 4) is 0 Å². The summed E-state index contributed by atoms with van der Waals surface area (Å²) in [6.45, 7) is 0.194. The number of ether oxygens (including phenoxy) is 6. The third-order valence-electron chi connectivity index (χ3n) is 2.64. The lowest BCUT2D eigenvalue weighted by atomic mass is 10.1. The lowest BCUT2D eigenvalue weighted by molar-refractivity contribution is -0.218. The van der Waals surface area contributed by atoms with Gasteiger partial charge in [-0.3, -0.25) is 4.79 Å². The smallest absolute Gasteiger partial charge is 0.310 e. The number of carbonyl (C=O) groups is 1. The maximum absolute atomic E-state index is 11.3. The fraction of sp³-hybridized carbons (Fsp3) is 0.900. The van der Waals surface area contributed by atoms with Crippen molar-refractivity contribution in [2.24, 2.45) is 0 Å². The van der Waals surface area contributed by atoms with Crippen molar-refractivity contribution in [3.63, 3.8) is 0 Å². The number of fused-ring (bicyclic) bond motifs is 2. The van der Waals surface area contributed by atoms with E-state index in [1.807, 2.05) is 0 Å². The van der Waals surface area contributed by atoms with Crippen LogP contribution in [0.5, 0.6) is 0 Å². The monoisotopic (exact) mass is 248 g/mol. The molecule has 0 aromatic carbocycles. The zero-order valence-corrected chi connectivity index (χ0v) is 9.79. The van der Waals surface area contributed by atoms with Crippen LogP contribution in [0.3, 0.4) is 0 Å². The Morgan fingerprint density at radius 1 is 1.18 bits per heavy atom. The molecule has 0 saturated carbocycles. The molecule has 0 aromatic rings. The van der Waals surface area contributed by atoms with E-state index in [-0.39, 0.29) is 38.2 Å². The van der Waals surface area contributed by atoms with Gasteiger partial charge in [0, 0.05) is 14.2 Å². The third kappa shape index (κ3) is 2.75. The van der Waals surface area contributed by atoms with Crippen molar-refractivity contribution < 1.29 is 33.2 Å². The van der Waals surface area contributed by atoms with Crippen molar-refractivity contribution in [1.82, 2.24) is 0 Å². The molecule has 2 heterocycles. The molecule has 2 saturated heterocycles. The van der Waals surface area contributed by atoms with E-state index in [4.69, 9.17) is 28.4 Å². The minimum atomic E-state index is -0.724. The van der Waals surface area contributed by atoms with Crippen LogP contribution in [0.25, 0.3) is 0 Å². The molecule has 0 aliphatic carbocycles. The second-order valence-electron chi connectivity index (χ2n) is 3.81. The fourth-order valence-corrected chi connectivity index (χ4v) is 1.96. The van der Waals surface area contributed by atoms with Crippen LogP contribution in [0.4, 0.5) is 0 Å². The normalized spacial score (nSPS) is 36.0. The highest BCUT2D eigenvalue weighted by Gasteiger charge is 2.52. The third-order valence-corrected chi connectivity index (χ3v) is 2.64. The Bertz CT molecular complexity index is 245.